The Bertz CT molecular complexity index is 1770. The first-order chi connectivity index (χ1) is 19.5. The van der Waals surface area contributed by atoms with Crippen LogP contribution in [0.1, 0.15) is 19.4 Å². The maximum Gasteiger partial charge on any atom is 0.277 e. The van der Waals surface area contributed by atoms with Gasteiger partial charge in [0.15, 0.2) is 0 Å². The minimum Gasteiger partial charge on any atom is -0.369 e. The highest BCUT2D eigenvalue weighted by molar-refractivity contribution is 8.10. The van der Waals surface area contributed by atoms with E-state index in [2.05, 4.69) is 0 Å². The van der Waals surface area contributed by atoms with Crippen molar-refractivity contribution in [1.82, 2.24) is 4.90 Å². The van der Waals surface area contributed by atoms with Crippen molar-refractivity contribution >= 4 is 48.3 Å². The van der Waals surface area contributed by atoms with E-state index >= 15 is 0 Å². The molecule has 0 aliphatic rings. The van der Waals surface area contributed by atoms with Crippen LogP contribution in [0.4, 0.5) is 5.69 Å². The molecule has 0 aromatic heterocycles. The summed E-state index contributed by atoms with van der Waals surface area (Å²) < 4.78 is 56.1. The first kappa shape index (κ1) is 29.8. The average molecular weight is 594 g/mol. The van der Waals surface area contributed by atoms with E-state index in [-0.39, 0.29) is 21.9 Å². The molecule has 0 heterocycles. The Morgan fingerprint density at radius 1 is 0.707 bits per heavy atom. The average Bonchev–Trinajstić information content (AvgIpc) is 2.97. The van der Waals surface area contributed by atoms with Gasteiger partial charge < -0.3 is 10.6 Å². The van der Waals surface area contributed by atoms with Crippen LogP contribution in [0.25, 0.3) is 10.8 Å². The van der Waals surface area contributed by atoms with Crippen LogP contribution >= 0.6 is 0 Å². The Labute approximate surface area is 240 Å². The van der Waals surface area contributed by atoms with E-state index in [1.54, 1.807) is 38.1 Å². The maximum atomic E-state index is 14.0. The van der Waals surface area contributed by atoms with Crippen LogP contribution in [-0.4, -0.2) is 46.6 Å². The molecule has 0 saturated heterocycles. The molecule has 9 nitrogen and oxygen atoms in total. The fourth-order valence-electron chi connectivity index (χ4n) is 4.57. The summed E-state index contributed by atoms with van der Waals surface area (Å²) in [4.78, 5) is 26.1. The van der Waals surface area contributed by atoms with E-state index in [9.17, 15) is 26.4 Å². The molecule has 2 amide bonds. The van der Waals surface area contributed by atoms with Gasteiger partial charge in [0.2, 0.25) is 11.8 Å². The second-order valence-electron chi connectivity index (χ2n) is 9.37. The molecule has 0 saturated carbocycles. The van der Waals surface area contributed by atoms with E-state index in [4.69, 9.17) is 5.73 Å². The Morgan fingerprint density at radius 3 is 1.85 bits per heavy atom. The molecule has 4 aromatic carbocycles. The maximum absolute atomic E-state index is 14.0. The second kappa shape index (κ2) is 12.1. The van der Waals surface area contributed by atoms with E-state index in [1.807, 2.05) is 12.1 Å². The van der Waals surface area contributed by atoms with Crippen molar-refractivity contribution in [3.05, 3.63) is 103 Å². The van der Waals surface area contributed by atoms with Gasteiger partial charge in [-0.1, -0.05) is 60.7 Å². The molecule has 1 unspecified atom stereocenters. The van der Waals surface area contributed by atoms with Gasteiger partial charge in [-0.3, -0.25) is 9.59 Å². The van der Waals surface area contributed by atoms with Gasteiger partial charge in [0.25, 0.3) is 20.0 Å². The predicted octanol–water partition coefficient (Wildman–Crippen LogP) is 3.94. The third-order valence-electron chi connectivity index (χ3n) is 6.80. The predicted molar refractivity (Wildman–Crippen MR) is 158 cm³/mol. The zero-order chi connectivity index (χ0) is 29.8. The van der Waals surface area contributed by atoms with Crippen LogP contribution in [-0.2, 0) is 36.1 Å². The zero-order valence-corrected chi connectivity index (χ0v) is 24.3. The largest absolute Gasteiger partial charge is 0.369 e. The lowest BCUT2D eigenvalue weighted by Gasteiger charge is -2.25. The summed E-state index contributed by atoms with van der Waals surface area (Å²) in [7, 11) is -9.21. The van der Waals surface area contributed by atoms with E-state index in [1.165, 1.54) is 65.6 Å². The highest BCUT2D eigenvalue weighted by atomic mass is 32.3. The van der Waals surface area contributed by atoms with Gasteiger partial charge in [0.05, 0.1) is 15.5 Å². The Kier molecular flexibility index (Phi) is 8.79. The van der Waals surface area contributed by atoms with Gasteiger partial charge in [-0.2, -0.15) is 3.71 Å². The molecule has 1 atom stereocenters. The molecule has 0 aliphatic carbocycles. The number of nitrogens with zero attached hydrogens (tertiary/aromatic N) is 2. The quantitative estimate of drug-likeness (QED) is 0.262. The van der Waals surface area contributed by atoms with Crippen molar-refractivity contribution in [3.8, 4) is 0 Å². The van der Waals surface area contributed by atoms with Crippen LogP contribution in [0.5, 0.6) is 0 Å². The molecule has 11 heteroatoms. The van der Waals surface area contributed by atoms with E-state index in [0.717, 1.165) is 5.39 Å². The Hall–Kier alpha value is -4.22. The number of benzene rings is 4. The van der Waals surface area contributed by atoms with E-state index < -0.39 is 37.8 Å². The summed E-state index contributed by atoms with van der Waals surface area (Å²) in [6, 6.07) is 24.5. The number of rotatable bonds is 11. The number of fused-ring (bicyclic) bond motifs is 1. The number of anilines is 1. The highest BCUT2D eigenvalue weighted by Crippen LogP contribution is 2.32. The Morgan fingerprint density at radius 2 is 1.27 bits per heavy atom. The summed E-state index contributed by atoms with van der Waals surface area (Å²) in [6.07, 6.45) is -0.0200. The molecule has 4 aromatic rings. The number of sulfonamides is 2. The molecule has 0 bridgehead atoms. The zero-order valence-electron chi connectivity index (χ0n) is 22.7. The van der Waals surface area contributed by atoms with Crippen LogP contribution in [0.2, 0.25) is 0 Å². The second-order valence-corrected chi connectivity index (χ2v) is 13.2. The topological polar surface area (TPSA) is 135 Å². The molecule has 2 N–H and O–H groups in total. The number of hydrogen-bond acceptors (Lipinski definition) is 6. The lowest BCUT2D eigenvalue weighted by Crippen LogP contribution is -2.42. The van der Waals surface area contributed by atoms with Crippen molar-refractivity contribution < 1.29 is 26.4 Å². The number of amides is 2. The molecule has 214 valence electrons. The summed E-state index contributed by atoms with van der Waals surface area (Å²) in [5, 5.41) is 1.44. The standard InChI is InChI=1S/C30H31N3O6S2/c1-3-32(4-2)30(35)28(29(31)34)20-22-14-17-25(18-15-22)33(40(36,37)26-12-6-5-7-13-26)41(38,39)27-19-16-23-10-8-9-11-24(23)21-27/h5-19,21,28H,3-4,20H2,1-2H3,(H2,31,34). The third kappa shape index (κ3) is 6.10. The van der Waals surface area contributed by atoms with Gasteiger partial charge in [-0.05, 0) is 73.0 Å². The number of hydrogen-bond donors (Lipinski definition) is 1. The first-order valence-electron chi connectivity index (χ1n) is 13.0. The van der Waals surface area contributed by atoms with Crippen molar-refractivity contribution in [3.63, 3.8) is 0 Å². The van der Waals surface area contributed by atoms with Crippen LogP contribution in [0, 0.1) is 5.92 Å². The van der Waals surface area contributed by atoms with Gasteiger partial charge in [-0.15, -0.1) is 0 Å². The van der Waals surface area contributed by atoms with Gasteiger partial charge >= 0.3 is 0 Å². The molecule has 0 aliphatic heterocycles. The summed E-state index contributed by atoms with van der Waals surface area (Å²) >= 11 is 0. The fourth-order valence-corrected chi connectivity index (χ4v) is 8.32. The SMILES string of the molecule is CCN(CC)C(=O)C(Cc1ccc(N(S(=O)(=O)c2ccccc2)S(=O)(=O)c2ccc3ccccc3c2)cc1)C(N)=O. The number of carbonyl (C=O) groups excluding carboxylic acids is 2. The monoisotopic (exact) mass is 593 g/mol. The number of primary amides is 1. The van der Waals surface area contributed by atoms with E-state index in [0.29, 0.717) is 27.7 Å². The lowest BCUT2D eigenvalue weighted by molar-refractivity contribution is -0.140. The normalized spacial score (nSPS) is 12.5. The summed E-state index contributed by atoms with van der Waals surface area (Å²) in [6.45, 7) is 4.42. The lowest BCUT2D eigenvalue weighted by atomic mass is 9.97. The smallest absolute Gasteiger partial charge is 0.277 e. The van der Waals surface area contributed by atoms with Crippen LogP contribution in [0.15, 0.2) is 107 Å². The number of carbonyl (C=O) groups is 2. The van der Waals surface area contributed by atoms with Crippen molar-refractivity contribution in [1.29, 1.82) is 0 Å². The Balaban J connectivity index is 1.78. The molecular formula is C30H31N3O6S2. The first-order valence-corrected chi connectivity index (χ1v) is 15.9. The van der Waals surface area contributed by atoms with Crippen molar-refractivity contribution in [2.75, 3.05) is 16.8 Å². The summed E-state index contributed by atoms with van der Waals surface area (Å²) in [5.74, 6) is -2.30. The van der Waals surface area contributed by atoms with Crippen molar-refractivity contribution in [2.45, 2.75) is 30.1 Å². The minimum atomic E-state index is -4.62. The number of nitrogens with two attached hydrogens (primary N) is 1. The molecule has 41 heavy (non-hydrogen) atoms. The summed E-state index contributed by atoms with van der Waals surface area (Å²) in [5.41, 5.74) is 5.92. The van der Waals surface area contributed by atoms with Gasteiger partial charge in [0.1, 0.15) is 5.92 Å². The van der Waals surface area contributed by atoms with Crippen LogP contribution < -0.4 is 9.44 Å². The molecular weight excluding hydrogens is 562 g/mol. The van der Waals surface area contributed by atoms with Gasteiger partial charge in [0, 0.05) is 13.1 Å². The molecule has 4 rings (SSSR count). The fraction of sp³-hybridized carbons (Fsp3) is 0.200. The van der Waals surface area contributed by atoms with Crippen LogP contribution in [0.3, 0.4) is 0 Å². The highest BCUT2D eigenvalue weighted by Gasteiger charge is 2.37. The molecule has 0 spiro atoms. The molecule has 0 fully saturated rings. The van der Waals surface area contributed by atoms with Crippen molar-refractivity contribution in [2.24, 2.45) is 11.7 Å². The minimum absolute atomic E-state index is 0.0200. The molecule has 0 radical (unpaired) electrons. The third-order valence-corrected chi connectivity index (χ3v) is 11.0. The van der Waals surface area contributed by atoms with Gasteiger partial charge in [-0.25, -0.2) is 16.8 Å².